The summed E-state index contributed by atoms with van der Waals surface area (Å²) in [7, 11) is 1.59. The summed E-state index contributed by atoms with van der Waals surface area (Å²) in [6, 6.07) is 4.64. The Morgan fingerprint density at radius 2 is 2.20 bits per heavy atom. The number of methoxy groups -OCH3 is 1. The predicted octanol–water partition coefficient (Wildman–Crippen LogP) is 1.87. The Morgan fingerprint density at radius 1 is 1.40 bits per heavy atom. The van der Waals surface area contributed by atoms with Crippen molar-refractivity contribution in [1.29, 1.82) is 0 Å². The largest absolute Gasteiger partial charge is 0.490 e. The molecule has 0 aromatic heterocycles. The van der Waals surface area contributed by atoms with E-state index in [9.17, 15) is 4.79 Å². The van der Waals surface area contributed by atoms with Crippen molar-refractivity contribution in [2.75, 3.05) is 38.8 Å². The molecule has 0 fully saturated rings. The molecule has 0 saturated carbocycles. The fourth-order valence-corrected chi connectivity index (χ4v) is 1.62. The zero-order chi connectivity index (χ0) is 14.8. The summed E-state index contributed by atoms with van der Waals surface area (Å²) in [4.78, 5) is 11.5. The average Bonchev–Trinajstić information content (AvgIpc) is 2.42. The maximum absolute atomic E-state index is 11.5. The Bertz CT molecular complexity index is 429. The van der Waals surface area contributed by atoms with Crippen LogP contribution in [0.4, 0.5) is 10.5 Å². The fourth-order valence-electron chi connectivity index (χ4n) is 1.39. The third-order valence-electron chi connectivity index (χ3n) is 2.36. The zero-order valence-electron chi connectivity index (χ0n) is 11.3. The van der Waals surface area contributed by atoms with Crippen molar-refractivity contribution in [3.63, 3.8) is 0 Å². The van der Waals surface area contributed by atoms with Crippen molar-refractivity contribution in [2.45, 2.75) is 6.42 Å². The molecule has 0 saturated heterocycles. The summed E-state index contributed by atoms with van der Waals surface area (Å²) in [5.41, 5.74) is 0.565. The molecule has 0 unspecified atom stereocenters. The van der Waals surface area contributed by atoms with Gasteiger partial charge >= 0.3 is 6.03 Å². The lowest BCUT2D eigenvalue weighted by Gasteiger charge is -2.10. The SMILES string of the molecule is COCCOc1ccc(NC(=O)NCCCO)cc1Cl. The maximum Gasteiger partial charge on any atom is 0.319 e. The number of aliphatic hydroxyl groups excluding tert-OH is 1. The van der Waals surface area contributed by atoms with E-state index < -0.39 is 0 Å². The number of benzene rings is 1. The summed E-state index contributed by atoms with van der Waals surface area (Å²) in [6.07, 6.45) is 0.514. The van der Waals surface area contributed by atoms with Crippen LogP contribution in [0.15, 0.2) is 18.2 Å². The van der Waals surface area contributed by atoms with E-state index in [4.69, 9.17) is 26.2 Å². The number of ether oxygens (including phenoxy) is 2. The topological polar surface area (TPSA) is 79.8 Å². The molecule has 0 heterocycles. The molecule has 20 heavy (non-hydrogen) atoms. The van der Waals surface area contributed by atoms with Gasteiger partial charge in [0.15, 0.2) is 0 Å². The summed E-state index contributed by atoms with van der Waals surface area (Å²) >= 11 is 6.05. The van der Waals surface area contributed by atoms with Crippen molar-refractivity contribution in [2.24, 2.45) is 0 Å². The van der Waals surface area contributed by atoms with Crippen LogP contribution in [0.5, 0.6) is 5.75 Å². The van der Waals surface area contributed by atoms with Gasteiger partial charge in [0, 0.05) is 25.9 Å². The van der Waals surface area contributed by atoms with Crippen LogP contribution in [0.25, 0.3) is 0 Å². The Labute approximate surface area is 123 Å². The van der Waals surface area contributed by atoms with Crippen molar-refractivity contribution in [3.05, 3.63) is 23.2 Å². The molecule has 0 bridgehead atoms. The van der Waals surface area contributed by atoms with Crippen LogP contribution in [0, 0.1) is 0 Å². The van der Waals surface area contributed by atoms with Gasteiger partial charge in [0.2, 0.25) is 0 Å². The first-order chi connectivity index (χ1) is 9.67. The van der Waals surface area contributed by atoms with Gasteiger partial charge in [0.05, 0.1) is 11.6 Å². The molecule has 7 heteroatoms. The van der Waals surface area contributed by atoms with Crippen LogP contribution in [-0.2, 0) is 4.74 Å². The van der Waals surface area contributed by atoms with Crippen LogP contribution >= 0.6 is 11.6 Å². The van der Waals surface area contributed by atoms with Gasteiger partial charge in [-0.05, 0) is 24.6 Å². The lowest BCUT2D eigenvalue weighted by atomic mass is 10.3. The Morgan fingerprint density at radius 3 is 2.85 bits per heavy atom. The van der Waals surface area contributed by atoms with Gasteiger partial charge in [0.25, 0.3) is 0 Å². The highest BCUT2D eigenvalue weighted by molar-refractivity contribution is 6.32. The quantitative estimate of drug-likeness (QED) is 0.641. The molecule has 0 radical (unpaired) electrons. The van der Waals surface area contributed by atoms with Crippen LogP contribution in [0.2, 0.25) is 5.02 Å². The number of hydrogen-bond acceptors (Lipinski definition) is 4. The van der Waals surface area contributed by atoms with Crippen LogP contribution in [-0.4, -0.2) is 44.6 Å². The Hall–Kier alpha value is -1.50. The van der Waals surface area contributed by atoms with E-state index in [0.29, 0.717) is 42.6 Å². The minimum Gasteiger partial charge on any atom is -0.490 e. The van der Waals surface area contributed by atoms with E-state index in [0.717, 1.165) is 0 Å². The molecule has 1 aromatic carbocycles. The summed E-state index contributed by atoms with van der Waals surface area (Å²) in [5.74, 6) is 0.537. The van der Waals surface area contributed by atoms with Gasteiger partial charge in [-0.1, -0.05) is 11.6 Å². The van der Waals surface area contributed by atoms with Gasteiger partial charge < -0.3 is 25.2 Å². The number of rotatable bonds is 8. The van der Waals surface area contributed by atoms with Crippen LogP contribution in [0.1, 0.15) is 6.42 Å². The van der Waals surface area contributed by atoms with Crippen molar-refractivity contribution in [3.8, 4) is 5.75 Å². The lowest BCUT2D eigenvalue weighted by molar-refractivity contribution is 0.146. The molecule has 112 valence electrons. The van der Waals surface area contributed by atoms with E-state index in [2.05, 4.69) is 10.6 Å². The Balaban J connectivity index is 2.47. The molecule has 0 aliphatic carbocycles. The van der Waals surface area contributed by atoms with Gasteiger partial charge in [-0.2, -0.15) is 0 Å². The van der Waals surface area contributed by atoms with Gasteiger partial charge in [0.1, 0.15) is 12.4 Å². The smallest absolute Gasteiger partial charge is 0.319 e. The number of nitrogens with one attached hydrogen (secondary N) is 2. The molecule has 3 N–H and O–H groups in total. The molecule has 0 aliphatic rings. The van der Waals surface area contributed by atoms with E-state index in [1.165, 1.54) is 0 Å². The van der Waals surface area contributed by atoms with E-state index in [1.54, 1.807) is 25.3 Å². The second kappa shape index (κ2) is 9.41. The second-order valence-corrected chi connectivity index (χ2v) is 4.35. The molecular weight excluding hydrogens is 284 g/mol. The van der Waals surface area contributed by atoms with Gasteiger partial charge in [-0.15, -0.1) is 0 Å². The molecule has 0 aliphatic heterocycles. The number of halogens is 1. The number of amides is 2. The molecule has 2 amide bonds. The minimum atomic E-state index is -0.345. The van der Waals surface area contributed by atoms with E-state index in [-0.39, 0.29) is 12.6 Å². The number of hydrogen-bond donors (Lipinski definition) is 3. The van der Waals surface area contributed by atoms with Crippen LogP contribution < -0.4 is 15.4 Å². The summed E-state index contributed by atoms with van der Waals surface area (Å²) in [5, 5.41) is 14.3. The highest BCUT2D eigenvalue weighted by Gasteiger charge is 2.05. The molecule has 6 nitrogen and oxygen atoms in total. The minimum absolute atomic E-state index is 0.0413. The number of aliphatic hydroxyl groups is 1. The summed E-state index contributed by atoms with van der Waals surface area (Å²) in [6.45, 7) is 1.34. The first-order valence-electron chi connectivity index (χ1n) is 6.24. The third-order valence-corrected chi connectivity index (χ3v) is 2.65. The fraction of sp³-hybridized carbons (Fsp3) is 0.462. The standard InChI is InChI=1S/C13H19ClN2O4/c1-19-7-8-20-12-4-3-10(9-11(12)14)16-13(18)15-5-2-6-17/h3-4,9,17H,2,5-8H2,1H3,(H2,15,16,18). The number of urea groups is 1. The number of carbonyl (C=O) groups is 1. The Kier molecular flexibility index (Phi) is 7.79. The molecular formula is C13H19ClN2O4. The highest BCUT2D eigenvalue weighted by atomic mass is 35.5. The highest BCUT2D eigenvalue weighted by Crippen LogP contribution is 2.27. The number of carbonyl (C=O) groups excluding carboxylic acids is 1. The maximum atomic E-state index is 11.5. The van der Waals surface area contributed by atoms with Gasteiger partial charge in [-0.25, -0.2) is 4.79 Å². The predicted molar refractivity (Wildman–Crippen MR) is 77.5 cm³/mol. The monoisotopic (exact) mass is 302 g/mol. The average molecular weight is 303 g/mol. The lowest BCUT2D eigenvalue weighted by Crippen LogP contribution is -2.29. The molecule has 0 spiro atoms. The first kappa shape index (κ1) is 16.6. The normalized spacial score (nSPS) is 10.2. The van der Waals surface area contributed by atoms with Crippen LogP contribution in [0.3, 0.4) is 0 Å². The third kappa shape index (κ3) is 6.10. The zero-order valence-corrected chi connectivity index (χ0v) is 12.1. The number of anilines is 1. The van der Waals surface area contributed by atoms with Gasteiger partial charge in [-0.3, -0.25) is 0 Å². The first-order valence-corrected chi connectivity index (χ1v) is 6.62. The van der Waals surface area contributed by atoms with Crippen molar-refractivity contribution >= 4 is 23.3 Å². The van der Waals surface area contributed by atoms with E-state index >= 15 is 0 Å². The molecule has 0 atom stereocenters. The van der Waals surface area contributed by atoms with E-state index in [1.807, 2.05) is 0 Å². The second-order valence-electron chi connectivity index (χ2n) is 3.94. The molecule has 1 rings (SSSR count). The molecule has 1 aromatic rings. The van der Waals surface area contributed by atoms with Crippen molar-refractivity contribution < 1.29 is 19.4 Å². The summed E-state index contributed by atoms with van der Waals surface area (Å²) < 4.78 is 10.3. The van der Waals surface area contributed by atoms with Crippen molar-refractivity contribution in [1.82, 2.24) is 5.32 Å².